The molecule has 0 aromatic heterocycles. The fourth-order valence-electron chi connectivity index (χ4n) is 2.89. The first-order valence-electron chi connectivity index (χ1n) is 9.45. The second kappa shape index (κ2) is 10.6. The maximum Gasteiger partial charge on any atom is 0.221 e. The predicted octanol–water partition coefficient (Wildman–Crippen LogP) is 3.03. The second-order valence-electron chi connectivity index (χ2n) is 6.92. The molecule has 0 atom stereocenters. The number of carbonyl (C=O) groups excluding carboxylic acids is 1. The van der Waals surface area contributed by atoms with Gasteiger partial charge < -0.3 is 20.9 Å². The average Bonchev–Trinajstić information content (AvgIpc) is 2.61. The van der Waals surface area contributed by atoms with E-state index in [0.29, 0.717) is 24.5 Å². The number of phenolic OH excluding ortho intramolecular Hbond substituents is 1. The number of amides is 1. The molecule has 0 radical (unpaired) electrons. The first-order valence-corrected chi connectivity index (χ1v) is 9.45. The lowest BCUT2D eigenvalue weighted by Gasteiger charge is -2.10. The molecule has 0 spiro atoms. The topological polar surface area (TPSA) is 84.6 Å². The van der Waals surface area contributed by atoms with Gasteiger partial charge in [0.15, 0.2) is 11.5 Å². The summed E-state index contributed by atoms with van der Waals surface area (Å²) in [5.41, 5.74) is 9.92. The van der Waals surface area contributed by atoms with E-state index in [9.17, 15) is 9.90 Å². The third-order valence-corrected chi connectivity index (χ3v) is 4.58. The zero-order valence-electron chi connectivity index (χ0n) is 16.3. The number of nitrogens with one attached hydrogen (secondary N) is 1. The molecule has 0 aliphatic heterocycles. The number of primary amides is 1. The quantitative estimate of drug-likeness (QED) is 0.531. The van der Waals surface area contributed by atoms with Crippen LogP contribution in [-0.2, 0) is 17.6 Å². The summed E-state index contributed by atoms with van der Waals surface area (Å²) in [4.78, 5) is 10.9. The Labute approximate surface area is 161 Å². The molecule has 0 saturated heterocycles. The highest BCUT2D eigenvalue weighted by molar-refractivity contribution is 5.76. The number of unbranched alkanes of at least 4 members (excludes halogenated alkanes) is 1. The van der Waals surface area contributed by atoms with Crippen LogP contribution in [0.1, 0.15) is 35.1 Å². The van der Waals surface area contributed by atoms with E-state index in [1.165, 1.54) is 22.8 Å². The van der Waals surface area contributed by atoms with Gasteiger partial charge >= 0.3 is 0 Å². The Balaban J connectivity index is 1.58. The molecule has 4 N–H and O–H groups in total. The van der Waals surface area contributed by atoms with Gasteiger partial charge in [0.2, 0.25) is 5.91 Å². The number of ether oxygens (including phenoxy) is 1. The monoisotopic (exact) mass is 370 g/mol. The van der Waals surface area contributed by atoms with Gasteiger partial charge in [0.25, 0.3) is 0 Å². The zero-order chi connectivity index (χ0) is 19.6. The van der Waals surface area contributed by atoms with Gasteiger partial charge in [0.05, 0.1) is 6.42 Å². The van der Waals surface area contributed by atoms with Crippen molar-refractivity contribution in [2.45, 2.75) is 39.5 Å². The number of hydrogen-bond donors (Lipinski definition) is 3. The molecular formula is C22H30N2O3. The van der Waals surface area contributed by atoms with Crippen molar-refractivity contribution in [3.05, 3.63) is 58.7 Å². The lowest BCUT2D eigenvalue weighted by Crippen LogP contribution is -2.22. The Morgan fingerprint density at radius 3 is 2.52 bits per heavy atom. The van der Waals surface area contributed by atoms with Crippen molar-refractivity contribution < 1.29 is 14.6 Å². The summed E-state index contributed by atoms with van der Waals surface area (Å²) >= 11 is 0. The van der Waals surface area contributed by atoms with E-state index >= 15 is 0 Å². The van der Waals surface area contributed by atoms with Crippen LogP contribution in [-0.4, -0.2) is 30.7 Å². The lowest BCUT2D eigenvalue weighted by molar-refractivity contribution is -0.117. The predicted molar refractivity (Wildman–Crippen MR) is 108 cm³/mol. The van der Waals surface area contributed by atoms with E-state index < -0.39 is 5.91 Å². The summed E-state index contributed by atoms with van der Waals surface area (Å²) in [6.45, 7) is 6.42. The second-order valence-corrected chi connectivity index (χ2v) is 6.92. The van der Waals surface area contributed by atoms with Gasteiger partial charge in [-0.3, -0.25) is 4.79 Å². The molecule has 0 aliphatic rings. The third kappa shape index (κ3) is 7.31. The standard InChI is InChI=1S/C22H30N2O3/c1-16-6-7-18(13-17(16)2)5-3-4-10-24-11-12-27-21-9-8-19(14-20(21)25)15-22(23)26/h6-9,13-14,24-25H,3-5,10-12,15H2,1-2H3,(H2,23,26). The zero-order valence-corrected chi connectivity index (χ0v) is 16.3. The number of aromatic hydroxyl groups is 1. The maximum absolute atomic E-state index is 10.9. The number of phenols is 1. The maximum atomic E-state index is 10.9. The first kappa shape index (κ1) is 20.8. The van der Waals surface area contributed by atoms with Crippen molar-refractivity contribution in [3.63, 3.8) is 0 Å². The molecule has 2 aromatic carbocycles. The van der Waals surface area contributed by atoms with Gasteiger partial charge in [-0.15, -0.1) is 0 Å². The molecule has 1 amide bonds. The van der Waals surface area contributed by atoms with E-state index in [1.54, 1.807) is 12.1 Å². The molecule has 0 aliphatic carbocycles. The van der Waals surface area contributed by atoms with Crippen LogP contribution < -0.4 is 15.8 Å². The molecule has 2 rings (SSSR count). The van der Waals surface area contributed by atoms with Gasteiger partial charge in [-0.05, 0) is 74.0 Å². The molecule has 0 saturated carbocycles. The molecule has 0 heterocycles. The van der Waals surface area contributed by atoms with E-state index in [4.69, 9.17) is 10.5 Å². The van der Waals surface area contributed by atoms with E-state index in [2.05, 4.69) is 37.4 Å². The summed E-state index contributed by atoms with van der Waals surface area (Å²) in [6, 6.07) is 11.6. The van der Waals surface area contributed by atoms with Crippen LogP contribution in [0.15, 0.2) is 36.4 Å². The van der Waals surface area contributed by atoms with Crippen molar-refractivity contribution in [2.24, 2.45) is 5.73 Å². The van der Waals surface area contributed by atoms with Crippen LogP contribution in [0.5, 0.6) is 11.5 Å². The summed E-state index contributed by atoms with van der Waals surface area (Å²) in [7, 11) is 0. The van der Waals surface area contributed by atoms with E-state index in [-0.39, 0.29) is 12.2 Å². The Morgan fingerprint density at radius 1 is 1.04 bits per heavy atom. The van der Waals surface area contributed by atoms with Crippen molar-refractivity contribution >= 4 is 5.91 Å². The summed E-state index contributed by atoms with van der Waals surface area (Å²) in [5, 5.41) is 13.3. The van der Waals surface area contributed by atoms with Crippen LogP contribution in [0.4, 0.5) is 0 Å². The lowest BCUT2D eigenvalue weighted by atomic mass is 10.0. The normalized spacial score (nSPS) is 10.7. The molecule has 0 bridgehead atoms. The summed E-state index contributed by atoms with van der Waals surface area (Å²) in [5.74, 6) is 0.0201. The van der Waals surface area contributed by atoms with Gasteiger partial charge in [-0.2, -0.15) is 0 Å². The van der Waals surface area contributed by atoms with Gasteiger partial charge in [-0.25, -0.2) is 0 Å². The Hall–Kier alpha value is -2.53. The molecular weight excluding hydrogens is 340 g/mol. The molecule has 5 heteroatoms. The molecule has 5 nitrogen and oxygen atoms in total. The van der Waals surface area contributed by atoms with Gasteiger partial charge in [-0.1, -0.05) is 24.3 Å². The van der Waals surface area contributed by atoms with Crippen LogP contribution in [0.2, 0.25) is 0 Å². The molecule has 146 valence electrons. The average molecular weight is 370 g/mol. The Kier molecular flexibility index (Phi) is 8.14. The molecule has 0 unspecified atom stereocenters. The minimum Gasteiger partial charge on any atom is -0.504 e. The van der Waals surface area contributed by atoms with Crippen LogP contribution in [0.25, 0.3) is 0 Å². The van der Waals surface area contributed by atoms with Crippen LogP contribution in [0, 0.1) is 13.8 Å². The number of benzene rings is 2. The number of carbonyl (C=O) groups is 1. The SMILES string of the molecule is Cc1ccc(CCCCNCCOc2ccc(CC(N)=O)cc2O)cc1C. The van der Waals surface area contributed by atoms with E-state index in [0.717, 1.165) is 25.8 Å². The number of rotatable bonds is 11. The fourth-order valence-corrected chi connectivity index (χ4v) is 2.89. The number of nitrogens with two attached hydrogens (primary N) is 1. The highest BCUT2D eigenvalue weighted by Crippen LogP contribution is 2.26. The van der Waals surface area contributed by atoms with E-state index in [1.807, 2.05) is 0 Å². The van der Waals surface area contributed by atoms with Crippen molar-refractivity contribution in [1.82, 2.24) is 5.32 Å². The minimum atomic E-state index is -0.426. The summed E-state index contributed by atoms with van der Waals surface area (Å²) < 4.78 is 5.57. The largest absolute Gasteiger partial charge is 0.504 e. The van der Waals surface area contributed by atoms with Gasteiger partial charge in [0.1, 0.15) is 6.61 Å². The van der Waals surface area contributed by atoms with Crippen molar-refractivity contribution in [1.29, 1.82) is 0 Å². The smallest absolute Gasteiger partial charge is 0.221 e. The molecule has 27 heavy (non-hydrogen) atoms. The third-order valence-electron chi connectivity index (χ3n) is 4.58. The molecule has 0 fully saturated rings. The Morgan fingerprint density at radius 2 is 1.81 bits per heavy atom. The van der Waals surface area contributed by atoms with Crippen LogP contribution in [0.3, 0.4) is 0 Å². The highest BCUT2D eigenvalue weighted by atomic mass is 16.5. The first-order chi connectivity index (χ1) is 13.0. The molecule has 2 aromatic rings. The minimum absolute atomic E-state index is 0.0298. The number of hydrogen-bond acceptors (Lipinski definition) is 4. The van der Waals surface area contributed by atoms with Crippen LogP contribution >= 0.6 is 0 Å². The van der Waals surface area contributed by atoms with Gasteiger partial charge in [0, 0.05) is 6.54 Å². The Bertz CT molecular complexity index is 759. The number of aryl methyl sites for hydroxylation is 3. The van der Waals surface area contributed by atoms with Crippen molar-refractivity contribution in [3.8, 4) is 11.5 Å². The summed E-state index contributed by atoms with van der Waals surface area (Å²) in [6.07, 6.45) is 3.47. The van der Waals surface area contributed by atoms with Crippen molar-refractivity contribution in [2.75, 3.05) is 19.7 Å². The fraction of sp³-hybridized carbons (Fsp3) is 0.409. The highest BCUT2D eigenvalue weighted by Gasteiger charge is 2.05.